The second-order valence-electron chi connectivity index (χ2n) is 9.16. The molecule has 2 aliphatic carbocycles. The molecule has 5 heteroatoms. The third-order valence-electron chi connectivity index (χ3n) is 5.55. The first-order valence-corrected chi connectivity index (χ1v) is 11.7. The normalized spacial score (nSPS) is 17.1. The van der Waals surface area contributed by atoms with Gasteiger partial charge in [0.1, 0.15) is 5.78 Å². The summed E-state index contributed by atoms with van der Waals surface area (Å²) in [5.74, 6) is 2.40. The smallest absolute Gasteiger partial charge is 0.219 e. The van der Waals surface area contributed by atoms with Crippen LogP contribution >= 0.6 is 0 Å². The largest absolute Gasteiger partial charge is 0.385 e. The van der Waals surface area contributed by atoms with Crippen molar-refractivity contribution >= 4 is 11.7 Å². The summed E-state index contributed by atoms with van der Waals surface area (Å²) < 4.78 is 10.2. The van der Waals surface area contributed by atoms with E-state index in [1.165, 1.54) is 44.9 Å². The Hall–Kier alpha value is -0.940. The number of carbonyl (C=O) groups is 2. The Morgan fingerprint density at radius 1 is 0.931 bits per heavy atom. The molecule has 5 nitrogen and oxygen atoms in total. The van der Waals surface area contributed by atoms with Crippen molar-refractivity contribution in [3.8, 4) is 0 Å². The molecular weight excluding hydrogens is 366 g/mol. The fraction of sp³-hybridized carbons (Fsp3) is 0.917. The second kappa shape index (κ2) is 17.9. The van der Waals surface area contributed by atoms with Crippen LogP contribution in [-0.2, 0) is 19.1 Å². The van der Waals surface area contributed by atoms with E-state index in [-0.39, 0.29) is 11.8 Å². The zero-order chi connectivity index (χ0) is 22.1. The summed E-state index contributed by atoms with van der Waals surface area (Å²) >= 11 is 0. The van der Waals surface area contributed by atoms with Gasteiger partial charge in [0.2, 0.25) is 5.91 Å². The predicted molar refractivity (Wildman–Crippen MR) is 120 cm³/mol. The van der Waals surface area contributed by atoms with Crippen LogP contribution in [0, 0.1) is 23.7 Å². The SMILES string of the molecule is CC(C)C(=O)C1CCC1.COCCC(C)C.NC(=O)CCOCC1CCCCC1. The number of nitrogens with two attached hydrogens (primary N) is 1. The Balaban J connectivity index is 0.000000430. The van der Waals surface area contributed by atoms with Crippen LogP contribution < -0.4 is 5.73 Å². The zero-order valence-corrected chi connectivity index (χ0v) is 19.7. The number of Topliss-reactive ketones (excluding diaryl/α,β-unsaturated/α-hetero) is 1. The molecule has 2 rings (SSSR count). The number of rotatable bonds is 10. The summed E-state index contributed by atoms with van der Waals surface area (Å²) in [5, 5.41) is 0. The third-order valence-corrected chi connectivity index (χ3v) is 5.55. The molecule has 2 N–H and O–H groups in total. The van der Waals surface area contributed by atoms with Crippen molar-refractivity contribution in [3.63, 3.8) is 0 Å². The lowest BCUT2D eigenvalue weighted by atomic mass is 9.79. The van der Waals surface area contributed by atoms with Gasteiger partial charge in [-0.15, -0.1) is 0 Å². The summed E-state index contributed by atoms with van der Waals surface area (Å²) in [4.78, 5) is 21.5. The van der Waals surface area contributed by atoms with E-state index >= 15 is 0 Å². The van der Waals surface area contributed by atoms with Crippen molar-refractivity contribution in [2.24, 2.45) is 29.4 Å². The van der Waals surface area contributed by atoms with Gasteiger partial charge in [0.25, 0.3) is 0 Å². The van der Waals surface area contributed by atoms with E-state index in [1.54, 1.807) is 7.11 Å². The van der Waals surface area contributed by atoms with Gasteiger partial charge >= 0.3 is 0 Å². The monoisotopic (exact) mass is 413 g/mol. The molecule has 0 atom stereocenters. The van der Waals surface area contributed by atoms with Crippen LogP contribution in [0.25, 0.3) is 0 Å². The minimum atomic E-state index is -0.274. The van der Waals surface area contributed by atoms with Gasteiger partial charge in [-0.1, -0.05) is 53.4 Å². The zero-order valence-electron chi connectivity index (χ0n) is 19.7. The van der Waals surface area contributed by atoms with E-state index in [1.807, 2.05) is 13.8 Å². The van der Waals surface area contributed by atoms with E-state index in [0.717, 1.165) is 37.9 Å². The van der Waals surface area contributed by atoms with Gasteiger partial charge in [0, 0.05) is 38.6 Å². The van der Waals surface area contributed by atoms with Crippen LogP contribution in [0.5, 0.6) is 0 Å². The second-order valence-corrected chi connectivity index (χ2v) is 9.16. The maximum absolute atomic E-state index is 11.1. The molecule has 0 aliphatic heterocycles. The number of hydrogen-bond donors (Lipinski definition) is 1. The first kappa shape index (κ1) is 28.1. The molecule has 0 heterocycles. The highest BCUT2D eigenvalue weighted by molar-refractivity contribution is 5.83. The standard InChI is InChI=1S/C10H19NO2.C8H14O.C6H14O/c11-10(12)6-7-13-8-9-4-2-1-3-5-9;1-6(2)8(9)7-4-3-5-7;1-6(2)4-5-7-3/h9H,1-8H2,(H2,11,12);6-7H,3-5H2,1-2H3;6H,4-5H2,1-3H3. The van der Waals surface area contributed by atoms with Crippen molar-refractivity contribution in [1.82, 2.24) is 0 Å². The van der Waals surface area contributed by atoms with Crippen molar-refractivity contribution in [1.29, 1.82) is 0 Å². The summed E-state index contributed by atoms with van der Waals surface area (Å²) in [5.41, 5.74) is 4.99. The predicted octanol–water partition coefficient (Wildman–Crippen LogP) is 5.15. The van der Waals surface area contributed by atoms with Crippen LogP contribution in [0.2, 0.25) is 0 Å². The molecule has 2 saturated carbocycles. The van der Waals surface area contributed by atoms with E-state index in [0.29, 0.717) is 24.7 Å². The maximum atomic E-state index is 11.1. The quantitative estimate of drug-likeness (QED) is 0.502. The fourth-order valence-electron chi connectivity index (χ4n) is 3.29. The molecule has 0 radical (unpaired) electrons. The number of hydrogen-bond acceptors (Lipinski definition) is 4. The first-order chi connectivity index (χ1) is 13.8. The lowest BCUT2D eigenvalue weighted by Crippen LogP contribution is -2.25. The van der Waals surface area contributed by atoms with Gasteiger partial charge in [0.05, 0.1) is 6.61 Å². The number of ketones is 1. The first-order valence-electron chi connectivity index (χ1n) is 11.7. The van der Waals surface area contributed by atoms with Gasteiger partial charge in [-0.05, 0) is 43.9 Å². The Kier molecular flexibility index (Phi) is 17.3. The molecule has 0 aromatic heterocycles. The molecule has 0 bridgehead atoms. The molecular formula is C24H47NO4. The highest BCUT2D eigenvalue weighted by Gasteiger charge is 2.26. The molecule has 1 amide bonds. The fourth-order valence-corrected chi connectivity index (χ4v) is 3.29. The summed E-state index contributed by atoms with van der Waals surface area (Å²) in [6.45, 7) is 10.6. The third kappa shape index (κ3) is 16.5. The Morgan fingerprint density at radius 3 is 1.90 bits per heavy atom. The van der Waals surface area contributed by atoms with Gasteiger partial charge < -0.3 is 15.2 Å². The van der Waals surface area contributed by atoms with Crippen LogP contribution in [-0.4, -0.2) is 38.6 Å². The summed E-state index contributed by atoms with van der Waals surface area (Å²) in [7, 11) is 1.74. The molecule has 172 valence electrons. The van der Waals surface area contributed by atoms with Crippen LogP contribution in [0.4, 0.5) is 0 Å². The van der Waals surface area contributed by atoms with E-state index in [4.69, 9.17) is 15.2 Å². The van der Waals surface area contributed by atoms with E-state index < -0.39 is 0 Å². The Morgan fingerprint density at radius 2 is 1.55 bits per heavy atom. The molecule has 0 aromatic rings. The number of carbonyl (C=O) groups excluding carboxylic acids is 2. The molecule has 29 heavy (non-hydrogen) atoms. The number of amides is 1. The minimum Gasteiger partial charge on any atom is -0.385 e. The van der Waals surface area contributed by atoms with E-state index in [9.17, 15) is 9.59 Å². The lowest BCUT2D eigenvalue weighted by molar-refractivity contribution is -0.128. The molecule has 0 saturated heterocycles. The topological polar surface area (TPSA) is 78.6 Å². The molecule has 0 unspecified atom stereocenters. The summed E-state index contributed by atoms with van der Waals surface area (Å²) in [6, 6.07) is 0. The lowest BCUT2D eigenvalue weighted by Gasteiger charge is -2.25. The van der Waals surface area contributed by atoms with Crippen LogP contribution in [0.1, 0.15) is 91.9 Å². The number of methoxy groups -OCH3 is 1. The Bertz CT molecular complexity index is 413. The van der Waals surface area contributed by atoms with Gasteiger partial charge in [-0.2, -0.15) is 0 Å². The highest BCUT2D eigenvalue weighted by atomic mass is 16.5. The number of primary amides is 1. The van der Waals surface area contributed by atoms with Crippen molar-refractivity contribution in [3.05, 3.63) is 0 Å². The maximum Gasteiger partial charge on any atom is 0.219 e. The highest BCUT2D eigenvalue weighted by Crippen LogP contribution is 2.29. The molecule has 0 spiro atoms. The Labute approximate surface area is 179 Å². The van der Waals surface area contributed by atoms with Crippen molar-refractivity contribution in [2.75, 3.05) is 26.9 Å². The van der Waals surface area contributed by atoms with E-state index in [2.05, 4.69) is 13.8 Å². The summed E-state index contributed by atoms with van der Waals surface area (Å²) in [6.07, 6.45) is 11.7. The average molecular weight is 414 g/mol. The van der Waals surface area contributed by atoms with Crippen molar-refractivity contribution in [2.45, 2.75) is 91.9 Å². The van der Waals surface area contributed by atoms with Crippen LogP contribution in [0.15, 0.2) is 0 Å². The molecule has 2 fully saturated rings. The van der Waals surface area contributed by atoms with Gasteiger partial charge in [0.15, 0.2) is 0 Å². The minimum absolute atomic E-state index is 0.260. The number of ether oxygens (including phenoxy) is 2. The molecule has 2 aliphatic rings. The molecule has 0 aromatic carbocycles. The van der Waals surface area contributed by atoms with Gasteiger partial charge in [-0.3, -0.25) is 9.59 Å². The van der Waals surface area contributed by atoms with Crippen LogP contribution in [0.3, 0.4) is 0 Å². The van der Waals surface area contributed by atoms with Gasteiger partial charge in [-0.25, -0.2) is 0 Å². The average Bonchev–Trinajstić information content (AvgIpc) is 2.64. The van der Waals surface area contributed by atoms with Crippen molar-refractivity contribution < 1.29 is 19.1 Å².